The van der Waals surface area contributed by atoms with Gasteiger partial charge in [0.2, 0.25) is 0 Å². The molecule has 1 aliphatic heterocycles. The van der Waals surface area contributed by atoms with E-state index in [0.29, 0.717) is 18.7 Å². The Morgan fingerprint density at radius 1 is 1.26 bits per heavy atom. The molecule has 3 aromatic rings. The number of β-amino-alcohol motifs (C(OH)–C–C–N with tert-alkyl or cyclic N) is 1. The second kappa shape index (κ2) is 6.12. The second-order valence-electron chi connectivity index (χ2n) is 7.53. The Labute approximate surface area is 160 Å². The van der Waals surface area contributed by atoms with Crippen LogP contribution < -0.4 is 0 Å². The van der Waals surface area contributed by atoms with Crippen LogP contribution in [0.5, 0.6) is 0 Å². The zero-order chi connectivity index (χ0) is 18.6. The standard InChI is InChI=1S/C21H20N2O3S/c24-10-15-19(13-4-2-1-3-5-13)21(15)11-23(9-18(21)25)20(26)14-6-7-16-17(8-14)27-12-22-16/h1-8,12,15,18-19,24-25H,9-11H2/t15-,18-,19-,21-/m1/s1. The minimum atomic E-state index is -0.629. The highest BCUT2D eigenvalue weighted by atomic mass is 32.1. The Hall–Kier alpha value is -2.28. The van der Waals surface area contributed by atoms with E-state index in [-0.39, 0.29) is 24.3 Å². The Morgan fingerprint density at radius 3 is 2.85 bits per heavy atom. The van der Waals surface area contributed by atoms with Gasteiger partial charge >= 0.3 is 0 Å². The molecule has 1 amide bonds. The number of aliphatic hydroxyl groups excluding tert-OH is 2. The SMILES string of the molecule is O=C(c1ccc2ncsc2c1)N1C[C@@H](O)[C@@]2(C1)[C@H](CO)[C@H]2c1ccccc1. The number of aromatic nitrogens is 1. The normalized spacial score (nSPS) is 29.6. The first kappa shape index (κ1) is 16.9. The van der Waals surface area contributed by atoms with Gasteiger partial charge in [0.05, 0.1) is 21.8 Å². The molecule has 0 unspecified atom stereocenters. The molecule has 138 valence electrons. The fourth-order valence-electron chi connectivity index (χ4n) is 4.89. The van der Waals surface area contributed by atoms with Crippen LogP contribution in [-0.4, -0.2) is 51.8 Å². The van der Waals surface area contributed by atoms with Gasteiger partial charge in [-0.15, -0.1) is 11.3 Å². The molecule has 6 heteroatoms. The van der Waals surface area contributed by atoms with Crippen LogP contribution in [0.2, 0.25) is 0 Å². The number of carbonyl (C=O) groups is 1. The lowest BCUT2D eigenvalue weighted by molar-refractivity contribution is 0.0764. The Bertz CT molecular complexity index is 1000. The quantitative estimate of drug-likeness (QED) is 0.732. The summed E-state index contributed by atoms with van der Waals surface area (Å²) in [7, 11) is 0. The fourth-order valence-corrected chi connectivity index (χ4v) is 5.61. The molecule has 1 saturated carbocycles. The lowest BCUT2D eigenvalue weighted by atomic mass is 9.95. The number of likely N-dealkylation sites (tertiary alicyclic amines) is 1. The number of fused-ring (bicyclic) bond motifs is 1. The number of benzene rings is 2. The lowest BCUT2D eigenvalue weighted by Gasteiger charge is -2.17. The molecule has 2 N–H and O–H groups in total. The number of aliphatic hydroxyl groups is 2. The van der Waals surface area contributed by atoms with Crippen LogP contribution >= 0.6 is 11.3 Å². The van der Waals surface area contributed by atoms with E-state index in [9.17, 15) is 15.0 Å². The molecule has 1 aliphatic carbocycles. The van der Waals surface area contributed by atoms with Crippen molar-refractivity contribution in [2.45, 2.75) is 12.0 Å². The number of amides is 1. The highest BCUT2D eigenvalue weighted by Gasteiger charge is 2.71. The van der Waals surface area contributed by atoms with Crippen molar-refractivity contribution in [3.8, 4) is 0 Å². The topological polar surface area (TPSA) is 73.7 Å². The van der Waals surface area contributed by atoms with Crippen LogP contribution in [-0.2, 0) is 0 Å². The first-order valence-corrected chi connectivity index (χ1v) is 9.99. The third-order valence-electron chi connectivity index (χ3n) is 6.26. The molecule has 2 aliphatic rings. The zero-order valence-electron chi connectivity index (χ0n) is 14.7. The van der Waals surface area contributed by atoms with E-state index in [0.717, 1.165) is 15.8 Å². The first-order valence-electron chi connectivity index (χ1n) is 9.11. The summed E-state index contributed by atoms with van der Waals surface area (Å²) in [5.74, 6) is -0.00576. The third-order valence-corrected chi connectivity index (χ3v) is 7.05. The van der Waals surface area contributed by atoms with Crippen molar-refractivity contribution < 1.29 is 15.0 Å². The fraction of sp³-hybridized carbons (Fsp3) is 0.333. The van der Waals surface area contributed by atoms with Gasteiger partial charge in [-0.1, -0.05) is 30.3 Å². The van der Waals surface area contributed by atoms with E-state index in [1.165, 1.54) is 11.3 Å². The predicted molar refractivity (Wildman–Crippen MR) is 104 cm³/mol. The summed E-state index contributed by atoms with van der Waals surface area (Å²) in [6.45, 7) is 0.795. The number of hydrogen-bond donors (Lipinski definition) is 2. The molecule has 1 saturated heterocycles. The third kappa shape index (κ3) is 2.44. The molecule has 5 nitrogen and oxygen atoms in total. The van der Waals surface area contributed by atoms with Crippen molar-refractivity contribution in [3.63, 3.8) is 0 Å². The molecular formula is C21H20N2O3S. The summed E-state index contributed by atoms with van der Waals surface area (Å²) < 4.78 is 0.983. The predicted octanol–water partition coefficient (Wildman–Crippen LogP) is 2.51. The van der Waals surface area contributed by atoms with Crippen molar-refractivity contribution >= 4 is 27.5 Å². The van der Waals surface area contributed by atoms with Crippen LogP contribution in [0.4, 0.5) is 0 Å². The van der Waals surface area contributed by atoms with Crippen LogP contribution in [0.15, 0.2) is 54.0 Å². The summed E-state index contributed by atoms with van der Waals surface area (Å²) in [6, 6.07) is 15.5. The zero-order valence-corrected chi connectivity index (χ0v) is 15.5. The smallest absolute Gasteiger partial charge is 0.254 e. The number of hydrogen-bond acceptors (Lipinski definition) is 5. The van der Waals surface area contributed by atoms with Crippen molar-refractivity contribution in [1.29, 1.82) is 0 Å². The number of thiazole rings is 1. The highest BCUT2D eigenvalue weighted by Crippen LogP contribution is 2.68. The molecule has 5 rings (SSSR count). The van der Waals surface area contributed by atoms with Gasteiger partial charge in [0.25, 0.3) is 5.91 Å². The van der Waals surface area contributed by atoms with E-state index in [2.05, 4.69) is 4.98 Å². The highest BCUT2D eigenvalue weighted by molar-refractivity contribution is 7.16. The molecule has 1 spiro atoms. The Kier molecular flexibility index (Phi) is 3.82. The van der Waals surface area contributed by atoms with Crippen LogP contribution in [0, 0.1) is 11.3 Å². The Morgan fingerprint density at radius 2 is 2.07 bits per heavy atom. The summed E-state index contributed by atoms with van der Waals surface area (Å²) >= 11 is 1.51. The van der Waals surface area contributed by atoms with E-state index in [1.54, 1.807) is 16.5 Å². The largest absolute Gasteiger partial charge is 0.396 e. The van der Waals surface area contributed by atoms with Gasteiger partial charge in [-0.05, 0) is 35.6 Å². The monoisotopic (exact) mass is 380 g/mol. The van der Waals surface area contributed by atoms with Crippen LogP contribution in [0.1, 0.15) is 21.8 Å². The van der Waals surface area contributed by atoms with Gasteiger partial charge < -0.3 is 15.1 Å². The van der Waals surface area contributed by atoms with E-state index < -0.39 is 11.5 Å². The molecule has 2 heterocycles. The summed E-state index contributed by atoms with van der Waals surface area (Å²) in [4.78, 5) is 19.0. The van der Waals surface area contributed by atoms with Gasteiger partial charge in [-0.3, -0.25) is 4.79 Å². The minimum Gasteiger partial charge on any atom is -0.396 e. The van der Waals surface area contributed by atoms with Crippen LogP contribution in [0.3, 0.4) is 0 Å². The maximum atomic E-state index is 13.0. The van der Waals surface area contributed by atoms with Gasteiger partial charge in [0, 0.05) is 30.7 Å². The number of nitrogens with zero attached hydrogens (tertiary/aromatic N) is 2. The molecule has 2 aromatic carbocycles. The lowest BCUT2D eigenvalue weighted by Crippen LogP contribution is -2.29. The van der Waals surface area contributed by atoms with Crippen LogP contribution in [0.25, 0.3) is 10.2 Å². The average molecular weight is 380 g/mol. The maximum Gasteiger partial charge on any atom is 0.254 e. The molecular weight excluding hydrogens is 360 g/mol. The summed E-state index contributed by atoms with van der Waals surface area (Å²) in [5, 5.41) is 20.7. The van der Waals surface area contributed by atoms with Crippen molar-refractivity contribution in [3.05, 3.63) is 65.2 Å². The van der Waals surface area contributed by atoms with Crippen molar-refractivity contribution in [1.82, 2.24) is 9.88 Å². The minimum absolute atomic E-state index is 0.0170. The van der Waals surface area contributed by atoms with E-state index >= 15 is 0 Å². The molecule has 2 fully saturated rings. The average Bonchev–Trinajstić information content (AvgIpc) is 2.96. The molecule has 1 aromatic heterocycles. The molecule has 4 atom stereocenters. The second-order valence-corrected chi connectivity index (χ2v) is 8.41. The van der Waals surface area contributed by atoms with Crippen molar-refractivity contribution in [2.24, 2.45) is 11.3 Å². The molecule has 0 bridgehead atoms. The number of rotatable bonds is 3. The summed E-state index contributed by atoms with van der Waals surface area (Å²) in [6.07, 6.45) is -0.629. The Balaban J connectivity index is 1.43. The molecule has 0 radical (unpaired) electrons. The van der Waals surface area contributed by atoms with E-state index in [4.69, 9.17) is 0 Å². The van der Waals surface area contributed by atoms with Gasteiger partial charge in [0.1, 0.15) is 0 Å². The van der Waals surface area contributed by atoms with E-state index in [1.807, 2.05) is 42.5 Å². The maximum absolute atomic E-state index is 13.0. The number of carbonyl (C=O) groups excluding carboxylic acids is 1. The molecule has 27 heavy (non-hydrogen) atoms. The van der Waals surface area contributed by atoms with Gasteiger partial charge in [-0.25, -0.2) is 4.98 Å². The van der Waals surface area contributed by atoms with Gasteiger partial charge in [0.15, 0.2) is 0 Å². The van der Waals surface area contributed by atoms with Gasteiger partial charge in [-0.2, -0.15) is 0 Å². The van der Waals surface area contributed by atoms with Crippen molar-refractivity contribution in [2.75, 3.05) is 19.7 Å². The summed E-state index contributed by atoms with van der Waals surface area (Å²) in [5.41, 5.74) is 3.96. The first-order chi connectivity index (χ1) is 13.1.